The van der Waals surface area contributed by atoms with Crippen LogP contribution in [0.5, 0.6) is 0 Å². The Bertz CT molecular complexity index is 289. The van der Waals surface area contributed by atoms with Gasteiger partial charge in [-0.15, -0.1) is 0 Å². The van der Waals surface area contributed by atoms with Gasteiger partial charge in [0, 0.05) is 14.9 Å². The fourth-order valence-corrected chi connectivity index (χ4v) is 1.90. The lowest BCUT2D eigenvalue weighted by Gasteiger charge is -2.30. The molecule has 3 heteroatoms. The number of benzene rings is 1. The molecule has 0 amide bonds. The Labute approximate surface area is 99.1 Å². The average Bonchev–Trinajstić information content (AvgIpc) is 2.07. The number of hydrogen-bond acceptors (Lipinski definition) is 2. The lowest BCUT2D eigenvalue weighted by Crippen LogP contribution is -2.32. The van der Waals surface area contributed by atoms with Crippen LogP contribution in [0.2, 0.25) is 0 Å². The van der Waals surface area contributed by atoms with Gasteiger partial charge in [0.2, 0.25) is 0 Å². The first-order valence-electron chi connectivity index (χ1n) is 4.57. The third-order valence-electron chi connectivity index (χ3n) is 2.00. The van der Waals surface area contributed by atoms with Gasteiger partial charge in [-0.05, 0) is 64.0 Å². The molecule has 0 aliphatic rings. The highest BCUT2D eigenvalue weighted by molar-refractivity contribution is 9.10. The van der Waals surface area contributed by atoms with E-state index in [0.29, 0.717) is 0 Å². The topological polar surface area (TPSA) is 3.24 Å². The standard InChI is InChI=1S/C11H16BrNS/c1-11(2,3)13(4)14-10-7-5-9(12)6-8-10/h5-8H,1-4H3. The van der Waals surface area contributed by atoms with Crippen LogP contribution in [0.15, 0.2) is 33.6 Å². The van der Waals surface area contributed by atoms with Crippen LogP contribution in [0.1, 0.15) is 20.8 Å². The van der Waals surface area contributed by atoms with Crippen molar-refractivity contribution in [3.63, 3.8) is 0 Å². The van der Waals surface area contributed by atoms with Crippen LogP contribution in [0, 0.1) is 0 Å². The number of nitrogens with zero attached hydrogens (tertiary/aromatic N) is 1. The second-order valence-electron chi connectivity index (χ2n) is 4.21. The van der Waals surface area contributed by atoms with Gasteiger partial charge in [-0.3, -0.25) is 0 Å². The summed E-state index contributed by atoms with van der Waals surface area (Å²) in [5.41, 5.74) is 0.192. The van der Waals surface area contributed by atoms with Crippen LogP contribution in [-0.4, -0.2) is 16.9 Å². The van der Waals surface area contributed by atoms with Crippen molar-refractivity contribution in [1.82, 2.24) is 4.31 Å². The summed E-state index contributed by atoms with van der Waals surface area (Å²) in [5, 5.41) is 0. The molecule has 0 radical (unpaired) electrons. The van der Waals surface area contributed by atoms with E-state index in [-0.39, 0.29) is 5.54 Å². The van der Waals surface area contributed by atoms with Gasteiger partial charge in [-0.25, -0.2) is 4.31 Å². The second-order valence-corrected chi connectivity index (χ2v) is 6.33. The Hall–Kier alpha value is 0.01000. The van der Waals surface area contributed by atoms with Gasteiger partial charge in [-0.2, -0.15) is 0 Å². The zero-order valence-electron chi connectivity index (χ0n) is 9.04. The highest BCUT2D eigenvalue weighted by atomic mass is 79.9. The van der Waals surface area contributed by atoms with Gasteiger partial charge in [0.15, 0.2) is 0 Å². The molecule has 0 spiro atoms. The Morgan fingerprint density at radius 1 is 1.14 bits per heavy atom. The summed E-state index contributed by atoms with van der Waals surface area (Å²) < 4.78 is 3.39. The molecule has 0 saturated carbocycles. The predicted molar refractivity (Wildman–Crippen MR) is 67.5 cm³/mol. The molecule has 0 aliphatic carbocycles. The summed E-state index contributed by atoms with van der Waals surface area (Å²) in [7, 11) is 2.12. The lowest BCUT2D eigenvalue weighted by atomic mass is 10.1. The molecular formula is C11H16BrNS. The van der Waals surface area contributed by atoms with E-state index in [1.165, 1.54) is 4.90 Å². The summed E-state index contributed by atoms with van der Waals surface area (Å²) >= 11 is 5.20. The highest BCUT2D eigenvalue weighted by Crippen LogP contribution is 2.28. The fourth-order valence-electron chi connectivity index (χ4n) is 0.790. The van der Waals surface area contributed by atoms with Gasteiger partial charge >= 0.3 is 0 Å². The zero-order chi connectivity index (χ0) is 10.8. The van der Waals surface area contributed by atoms with Crippen molar-refractivity contribution >= 4 is 27.9 Å². The molecule has 0 bridgehead atoms. The molecule has 14 heavy (non-hydrogen) atoms. The maximum Gasteiger partial charge on any atom is 0.0231 e. The highest BCUT2D eigenvalue weighted by Gasteiger charge is 2.17. The Balaban J connectivity index is 2.65. The summed E-state index contributed by atoms with van der Waals surface area (Å²) in [6.45, 7) is 6.62. The molecule has 0 atom stereocenters. The van der Waals surface area contributed by atoms with Gasteiger partial charge in [0.1, 0.15) is 0 Å². The summed E-state index contributed by atoms with van der Waals surface area (Å²) in [6.07, 6.45) is 0. The fraction of sp³-hybridized carbons (Fsp3) is 0.455. The third-order valence-corrected chi connectivity index (χ3v) is 3.83. The second kappa shape index (κ2) is 4.69. The third kappa shape index (κ3) is 3.64. The van der Waals surface area contributed by atoms with E-state index in [2.05, 4.69) is 72.3 Å². The van der Waals surface area contributed by atoms with E-state index in [1.807, 2.05) is 0 Å². The smallest absolute Gasteiger partial charge is 0.0231 e. The van der Waals surface area contributed by atoms with Crippen LogP contribution in [-0.2, 0) is 0 Å². The van der Waals surface area contributed by atoms with Gasteiger partial charge < -0.3 is 0 Å². The van der Waals surface area contributed by atoms with E-state index in [1.54, 1.807) is 11.9 Å². The first-order chi connectivity index (χ1) is 6.39. The zero-order valence-corrected chi connectivity index (χ0v) is 11.4. The van der Waals surface area contributed by atoms with Gasteiger partial charge in [-0.1, -0.05) is 15.9 Å². The Morgan fingerprint density at radius 2 is 1.64 bits per heavy atom. The largest absolute Gasteiger partial charge is 0.244 e. The number of halogens is 1. The molecule has 78 valence electrons. The van der Waals surface area contributed by atoms with Crippen LogP contribution < -0.4 is 0 Å². The maximum absolute atomic E-state index is 3.43. The molecule has 1 nitrogen and oxygen atoms in total. The SMILES string of the molecule is CN(Sc1ccc(Br)cc1)C(C)(C)C. The quantitative estimate of drug-likeness (QED) is 0.744. The summed E-state index contributed by atoms with van der Waals surface area (Å²) in [6, 6.07) is 8.38. The van der Waals surface area contributed by atoms with Crippen LogP contribution >= 0.6 is 27.9 Å². The molecule has 0 N–H and O–H groups in total. The average molecular weight is 274 g/mol. The van der Waals surface area contributed by atoms with E-state index in [0.717, 1.165) is 4.47 Å². The molecule has 0 fully saturated rings. The van der Waals surface area contributed by atoms with Crippen LogP contribution in [0.3, 0.4) is 0 Å². The van der Waals surface area contributed by atoms with Crippen molar-refractivity contribution < 1.29 is 0 Å². The van der Waals surface area contributed by atoms with Crippen molar-refractivity contribution in [2.45, 2.75) is 31.2 Å². The molecule has 1 rings (SSSR count). The minimum atomic E-state index is 0.192. The van der Waals surface area contributed by atoms with Crippen molar-refractivity contribution in [2.75, 3.05) is 7.05 Å². The number of hydrogen-bond donors (Lipinski definition) is 0. The monoisotopic (exact) mass is 273 g/mol. The van der Waals surface area contributed by atoms with Crippen molar-refractivity contribution in [1.29, 1.82) is 0 Å². The first-order valence-corrected chi connectivity index (χ1v) is 6.13. The molecule has 0 aliphatic heterocycles. The molecular weight excluding hydrogens is 258 g/mol. The van der Waals surface area contributed by atoms with Crippen molar-refractivity contribution in [2.24, 2.45) is 0 Å². The van der Waals surface area contributed by atoms with E-state index in [9.17, 15) is 0 Å². The minimum Gasteiger partial charge on any atom is -0.244 e. The Morgan fingerprint density at radius 3 is 2.07 bits per heavy atom. The molecule has 0 unspecified atom stereocenters. The Kier molecular flexibility index (Phi) is 4.04. The van der Waals surface area contributed by atoms with E-state index >= 15 is 0 Å². The predicted octanol–water partition coefficient (Wildman–Crippen LogP) is 4.19. The number of rotatable bonds is 2. The molecule has 0 heterocycles. The van der Waals surface area contributed by atoms with E-state index in [4.69, 9.17) is 0 Å². The van der Waals surface area contributed by atoms with Crippen molar-refractivity contribution in [3.8, 4) is 0 Å². The molecule has 0 saturated heterocycles. The van der Waals surface area contributed by atoms with Crippen LogP contribution in [0.25, 0.3) is 0 Å². The molecule has 1 aromatic rings. The van der Waals surface area contributed by atoms with Gasteiger partial charge in [0.25, 0.3) is 0 Å². The summed E-state index contributed by atoms with van der Waals surface area (Å²) in [5.74, 6) is 0. The van der Waals surface area contributed by atoms with Crippen molar-refractivity contribution in [3.05, 3.63) is 28.7 Å². The molecule has 0 aromatic heterocycles. The normalized spacial score (nSPS) is 12.1. The summed E-state index contributed by atoms with van der Waals surface area (Å²) in [4.78, 5) is 1.27. The van der Waals surface area contributed by atoms with E-state index < -0.39 is 0 Å². The maximum atomic E-state index is 3.43. The van der Waals surface area contributed by atoms with Gasteiger partial charge in [0.05, 0.1) is 0 Å². The first kappa shape index (κ1) is 12.1. The lowest BCUT2D eigenvalue weighted by molar-refractivity contribution is 0.319. The minimum absolute atomic E-state index is 0.192. The molecule has 1 aromatic carbocycles. The van der Waals surface area contributed by atoms with Crippen LogP contribution in [0.4, 0.5) is 0 Å².